The van der Waals surface area contributed by atoms with Gasteiger partial charge in [-0.2, -0.15) is 0 Å². The normalized spacial score (nSPS) is 10.6. The van der Waals surface area contributed by atoms with Crippen LogP contribution in [0.25, 0.3) is 11.5 Å². The second-order valence-electron chi connectivity index (χ2n) is 4.46. The number of carbonyl (C=O) groups is 1. The van der Waals surface area contributed by atoms with Gasteiger partial charge in [-0.25, -0.2) is 4.39 Å². The highest BCUT2D eigenvalue weighted by Crippen LogP contribution is 2.23. The molecule has 0 amide bonds. The zero-order chi connectivity index (χ0) is 15.4. The molecule has 4 nitrogen and oxygen atoms in total. The maximum atomic E-state index is 12.8. The summed E-state index contributed by atoms with van der Waals surface area (Å²) < 4.78 is 18.3. The average molecular weight is 314 g/mol. The molecule has 3 rings (SSSR count). The number of Topliss-reactive ketones (excluding diaryl/α,β-unsaturated/α-hetero) is 1. The smallest absolute Gasteiger partial charge is 0.277 e. The summed E-state index contributed by atoms with van der Waals surface area (Å²) in [5, 5.41) is 8.18. The molecule has 0 saturated heterocycles. The van der Waals surface area contributed by atoms with Gasteiger partial charge in [-0.3, -0.25) is 4.79 Å². The number of halogens is 1. The number of aromatic nitrogens is 2. The maximum Gasteiger partial charge on any atom is 0.277 e. The van der Waals surface area contributed by atoms with Gasteiger partial charge in [0.15, 0.2) is 5.78 Å². The topological polar surface area (TPSA) is 56.0 Å². The quantitative estimate of drug-likeness (QED) is 0.529. The lowest BCUT2D eigenvalue weighted by Crippen LogP contribution is -2.02. The largest absolute Gasteiger partial charge is 0.411 e. The Balaban J connectivity index is 1.64. The molecular weight excluding hydrogens is 303 g/mol. The molecule has 0 atom stereocenters. The molecule has 0 aliphatic carbocycles. The minimum Gasteiger partial charge on any atom is -0.411 e. The van der Waals surface area contributed by atoms with Gasteiger partial charge in [-0.1, -0.05) is 30.0 Å². The van der Waals surface area contributed by atoms with E-state index in [2.05, 4.69) is 10.2 Å². The predicted molar refractivity (Wildman–Crippen MR) is 81.2 cm³/mol. The van der Waals surface area contributed by atoms with E-state index in [1.165, 1.54) is 24.3 Å². The molecule has 0 unspecified atom stereocenters. The van der Waals surface area contributed by atoms with E-state index >= 15 is 0 Å². The van der Waals surface area contributed by atoms with Crippen LogP contribution in [0.5, 0.6) is 0 Å². The number of thioether (sulfide) groups is 1. The molecule has 1 heterocycles. The number of benzene rings is 2. The Labute approximate surface area is 130 Å². The van der Waals surface area contributed by atoms with Crippen molar-refractivity contribution in [1.29, 1.82) is 0 Å². The fraction of sp³-hybridized carbons (Fsp3) is 0.0625. The fourth-order valence-corrected chi connectivity index (χ4v) is 2.47. The van der Waals surface area contributed by atoms with Crippen molar-refractivity contribution < 1.29 is 13.6 Å². The molecule has 0 N–H and O–H groups in total. The zero-order valence-corrected chi connectivity index (χ0v) is 12.2. The van der Waals surface area contributed by atoms with Crippen molar-refractivity contribution >= 4 is 17.5 Å². The van der Waals surface area contributed by atoms with E-state index in [1.807, 2.05) is 30.3 Å². The van der Waals surface area contributed by atoms with Crippen LogP contribution in [0.1, 0.15) is 10.4 Å². The lowest BCUT2D eigenvalue weighted by Gasteiger charge is -1.98. The zero-order valence-electron chi connectivity index (χ0n) is 11.4. The summed E-state index contributed by atoms with van der Waals surface area (Å²) >= 11 is 1.16. The first-order chi connectivity index (χ1) is 10.7. The molecule has 3 aromatic rings. The van der Waals surface area contributed by atoms with Crippen molar-refractivity contribution in [2.24, 2.45) is 0 Å². The van der Waals surface area contributed by atoms with Crippen molar-refractivity contribution in [2.45, 2.75) is 5.22 Å². The maximum absolute atomic E-state index is 12.8. The predicted octanol–water partition coefficient (Wildman–Crippen LogP) is 3.85. The second-order valence-corrected chi connectivity index (χ2v) is 5.38. The van der Waals surface area contributed by atoms with Gasteiger partial charge < -0.3 is 4.42 Å². The summed E-state index contributed by atoms with van der Waals surface area (Å²) in [4.78, 5) is 12.0. The van der Waals surface area contributed by atoms with Gasteiger partial charge in [-0.05, 0) is 36.4 Å². The Morgan fingerprint density at radius 1 is 1.05 bits per heavy atom. The van der Waals surface area contributed by atoms with Gasteiger partial charge in [-0.15, -0.1) is 10.2 Å². The highest BCUT2D eigenvalue weighted by Gasteiger charge is 2.12. The first-order valence-electron chi connectivity index (χ1n) is 6.53. The van der Waals surface area contributed by atoms with Gasteiger partial charge in [0.2, 0.25) is 5.89 Å². The van der Waals surface area contributed by atoms with E-state index in [1.54, 1.807) is 0 Å². The molecule has 0 fully saturated rings. The average Bonchev–Trinajstić information content (AvgIpc) is 3.03. The van der Waals surface area contributed by atoms with Crippen molar-refractivity contribution in [3.8, 4) is 11.5 Å². The van der Waals surface area contributed by atoms with Crippen LogP contribution in [0, 0.1) is 5.82 Å². The molecule has 0 aliphatic rings. The van der Waals surface area contributed by atoms with Crippen molar-refractivity contribution in [3.05, 3.63) is 66.0 Å². The van der Waals surface area contributed by atoms with E-state index in [9.17, 15) is 9.18 Å². The van der Waals surface area contributed by atoms with Crippen LogP contribution in [0.4, 0.5) is 4.39 Å². The van der Waals surface area contributed by atoms with Gasteiger partial charge in [0.1, 0.15) is 5.82 Å². The van der Waals surface area contributed by atoms with Crippen LogP contribution in [0.2, 0.25) is 0 Å². The highest BCUT2D eigenvalue weighted by atomic mass is 32.2. The molecule has 2 aromatic carbocycles. The first kappa shape index (κ1) is 14.5. The molecule has 0 saturated carbocycles. The van der Waals surface area contributed by atoms with Crippen LogP contribution in [-0.2, 0) is 0 Å². The lowest BCUT2D eigenvalue weighted by atomic mass is 10.1. The SMILES string of the molecule is O=C(CSc1nnc(-c2ccccc2)o1)c1ccc(F)cc1. The fourth-order valence-electron chi connectivity index (χ4n) is 1.81. The molecule has 110 valence electrons. The number of hydrogen-bond donors (Lipinski definition) is 0. The van der Waals surface area contributed by atoms with E-state index in [0.29, 0.717) is 16.7 Å². The minimum atomic E-state index is -0.367. The standard InChI is InChI=1S/C16H11FN2O2S/c17-13-8-6-11(7-9-13)14(20)10-22-16-19-18-15(21-16)12-4-2-1-3-5-12/h1-9H,10H2. The Kier molecular flexibility index (Phi) is 4.29. The van der Waals surface area contributed by atoms with Gasteiger partial charge >= 0.3 is 0 Å². The first-order valence-corrected chi connectivity index (χ1v) is 7.51. The molecule has 0 radical (unpaired) electrons. The van der Waals surface area contributed by atoms with Gasteiger partial charge in [0, 0.05) is 11.1 Å². The van der Waals surface area contributed by atoms with Gasteiger partial charge in [0.25, 0.3) is 5.22 Å². The molecule has 0 spiro atoms. The van der Waals surface area contributed by atoms with Crippen LogP contribution in [-0.4, -0.2) is 21.7 Å². The molecule has 0 aliphatic heterocycles. The summed E-state index contributed by atoms with van der Waals surface area (Å²) in [5.74, 6) is 0.0811. The van der Waals surface area contributed by atoms with E-state index in [4.69, 9.17) is 4.42 Å². The van der Waals surface area contributed by atoms with E-state index < -0.39 is 0 Å². The Morgan fingerprint density at radius 2 is 1.77 bits per heavy atom. The second kappa shape index (κ2) is 6.53. The molecule has 0 bridgehead atoms. The van der Waals surface area contributed by atoms with Crippen LogP contribution >= 0.6 is 11.8 Å². The Hall–Kier alpha value is -2.47. The summed E-state index contributed by atoms with van der Waals surface area (Å²) in [6.45, 7) is 0. The third-order valence-corrected chi connectivity index (χ3v) is 3.74. The number of rotatable bonds is 5. The monoisotopic (exact) mass is 314 g/mol. The van der Waals surface area contributed by atoms with Crippen LogP contribution in [0.15, 0.2) is 64.2 Å². The van der Waals surface area contributed by atoms with Crippen molar-refractivity contribution in [2.75, 3.05) is 5.75 Å². The molecule has 6 heteroatoms. The molecule has 22 heavy (non-hydrogen) atoms. The summed E-state index contributed by atoms with van der Waals surface area (Å²) in [6, 6.07) is 14.8. The number of hydrogen-bond acceptors (Lipinski definition) is 5. The van der Waals surface area contributed by atoms with Crippen molar-refractivity contribution in [1.82, 2.24) is 10.2 Å². The summed E-state index contributed by atoms with van der Waals surface area (Å²) in [6.07, 6.45) is 0. The van der Waals surface area contributed by atoms with E-state index in [-0.39, 0.29) is 17.4 Å². The Bertz CT molecular complexity index is 772. The third kappa shape index (κ3) is 3.40. The molecule has 1 aromatic heterocycles. The number of carbonyl (C=O) groups excluding carboxylic acids is 1. The number of nitrogens with zero attached hydrogens (tertiary/aromatic N) is 2. The summed E-state index contributed by atoms with van der Waals surface area (Å²) in [5.41, 5.74) is 1.28. The third-order valence-electron chi connectivity index (χ3n) is 2.92. The minimum absolute atomic E-state index is 0.121. The Morgan fingerprint density at radius 3 is 2.50 bits per heavy atom. The number of ketones is 1. The van der Waals surface area contributed by atoms with Crippen LogP contribution in [0.3, 0.4) is 0 Å². The summed E-state index contributed by atoms with van der Waals surface area (Å²) in [7, 11) is 0. The molecular formula is C16H11FN2O2S. The van der Waals surface area contributed by atoms with Crippen LogP contribution < -0.4 is 0 Å². The van der Waals surface area contributed by atoms with E-state index in [0.717, 1.165) is 17.3 Å². The lowest BCUT2D eigenvalue weighted by molar-refractivity contribution is 0.102. The van der Waals surface area contributed by atoms with Gasteiger partial charge in [0.05, 0.1) is 5.75 Å². The highest BCUT2D eigenvalue weighted by molar-refractivity contribution is 7.99. The van der Waals surface area contributed by atoms with Crippen molar-refractivity contribution in [3.63, 3.8) is 0 Å².